The van der Waals surface area contributed by atoms with Crippen molar-refractivity contribution in [3.05, 3.63) is 48.0 Å². The molecule has 0 aromatic heterocycles. The third kappa shape index (κ3) is 4.49. The molecule has 2 amide bonds. The maximum absolute atomic E-state index is 12.8. The van der Waals surface area contributed by atoms with Crippen molar-refractivity contribution in [2.75, 3.05) is 39.2 Å². The van der Waals surface area contributed by atoms with E-state index in [-0.39, 0.29) is 36.0 Å². The van der Waals surface area contributed by atoms with E-state index in [9.17, 15) is 18.0 Å². The molecule has 9 nitrogen and oxygen atoms in total. The van der Waals surface area contributed by atoms with Crippen LogP contribution in [0.15, 0.2) is 47.4 Å². The number of carbonyl (C=O) groups is 2. The van der Waals surface area contributed by atoms with Gasteiger partial charge >= 0.3 is 0 Å². The fraction of sp³-hybridized carbons (Fsp3) is 0.263. The largest absolute Gasteiger partial charge is 0.497 e. The van der Waals surface area contributed by atoms with Gasteiger partial charge in [0, 0.05) is 24.8 Å². The second-order valence-electron chi connectivity index (χ2n) is 6.24. The van der Waals surface area contributed by atoms with E-state index in [2.05, 4.69) is 10.6 Å². The molecule has 29 heavy (non-hydrogen) atoms. The number of piperazine rings is 1. The topological polar surface area (TPSA) is 114 Å². The summed E-state index contributed by atoms with van der Waals surface area (Å²) in [4.78, 5) is 24.2. The first-order chi connectivity index (χ1) is 13.8. The van der Waals surface area contributed by atoms with Crippen LogP contribution in [-0.4, -0.2) is 58.4 Å². The van der Waals surface area contributed by atoms with Gasteiger partial charge in [-0.15, -0.1) is 0 Å². The number of rotatable bonds is 6. The second kappa shape index (κ2) is 8.50. The Labute approximate surface area is 168 Å². The lowest BCUT2D eigenvalue weighted by Crippen LogP contribution is -2.49. The smallest absolute Gasteiger partial charge is 0.259 e. The first kappa shape index (κ1) is 20.6. The number of methoxy groups -OCH3 is 2. The quantitative estimate of drug-likeness (QED) is 0.724. The summed E-state index contributed by atoms with van der Waals surface area (Å²) >= 11 is 0. The molecule has 0 aliphatic carbocycles. The number of carbonyl (C=O) groups excluding carboxylic acids is 2. The molecule has 0 radical (unpaired) electrons. The fourth-order valence-corrected chi connectivity index (χ4v) is 4.33. The highest BCUT2D eigenvalue weighted by Gasteiger charge is 2.29. The molecule has 1 aliphatic heterocycles. The number of hydrogen-bond acceptors (Lipinski definition) is 6. The molecular weight excluding hydrogens is 398 g/mol. The van der Waals surface area contributed by atoms with E-state index in [1.54, 1.807) is 24.3 Å². The minimum absolute atomic E-state index is 0.00769. The molecule has 2 aromatic rings. The molecule has 3 rings (SSSR count). The summed E-state index contributed by atoms with van der Waals surface area (Å²) in [6, 6.07) is 10.6. The van der Waals surface area contributed by atoms with Crippen LogP contribution in [0, 0.1) is 0 Å². The van der Waals surface area contributed by atoms with Gasteiger partial charge in [-0.2, -0.15) is 4.31 Å². The first-order valence-electron chi connectivity index (χ1n) is 8.75. The molecule has 0 spiro atoms. The van der Waals surface area contributed by atoms with Gasteiger partial charge in [-0.1, -0.05) is 6.07 Å². The fourth-order valence-electron chi connectivity index (χ4n) is 2.89. The zero-order chi connectivity index (χ0) is 21.0. The minimum atomic E-state index is -3.86. The van der Waals surface area contributed by atoms with Crippen LogP contribution < -0.4 is 20.1 Å². The lowest BCUT2D eigenvalue weighted by molar-refractivity contribution is -0.122. The predicted molar refractivity (Wildman–Crippen MR) is 106 cm³/mol. The SMILES string of the molecule is COc1ccc(C(=O)Nc2cccc(S(=O)(=O)N3CCNC(=O)C3)c2)c(OC)c1. The van der Waals surface area contributed by atoms with Crippen molar-refractivity contribution >= 4 is 27.5 Å². The summed E-state index contributed by atoms with van der Waals surface area (Å²) in [6.45, 7) is 0.210. The third-order valence-corrected chi connectivity index (χ3v) is 6.23. The summed E-state index contributed by atoms with van der Waals surface area (Å²) in [7, 11) is -0.915. The maximum atomic E-state index is 12.8. The predicted octanol–water partition coefficient (Wildman–Crippen LogP) is 1.08. The number of benzene rings is 2. The summed E-state index contributed by atoms with van der Waals surface area (Å²) in [5.74, 6) is 0.0503. The Morgan fingerprint density at radius 2 is 1.93 bits per heavy atom. The number of hydrogen-bond donors (Lipinski definition) is 2. The lowest BCUT2D eigenvalue weighted by Gasteiger charge is -2.26. The highest BCUT2D eigenvalue weighted by Crippen LogP contribution is 2.26. The van der Waals surface area contributed by atoms with Crippen molar-refractivity contribution in [3.8, 4) is 11.5 Å². The van der Waals surface area contributed by atoms with Crippen LogP contribution in [0.5, 0.6) is 11.5 Å². The minimum Gasteiger partial charge on any atom is -0.497 e. The van der Waals surface area contributed by atoms with Gasteiger partial charge in [0.15, 0.2) is 0 Å². The Bertz CT molecular complexity index is 1040. The van der Waals surface area contributed by atoms with E-state index in [4.69, 9.17) is 9.47 Å². The van der Waals surface area contributed by atoms with Crippen LogP contribution in [0.1, 0.15) is 10.4 Å². The average Bonchev–Trinajstić information content (AvgIpc) is 2.73. The molecule has 1 fully saturated rings. The van der Waals surface area contributed by atoms with Crippen molar-refractivity contribution in [2.45, 2.75) is 4.90 Å². The number of nitrogens with zero attached hydrogens (tertiary/aromatic N) is 1. The summed E-state index contributed by atoms with van der Waals surface area (Å²) in [6.07, 6.45) is 0. The molecular formula is C19H21N3O6S. The molecule has 1 aliphatic rings. The van der Waals surface area contributed by atoms with Crippen molar-refractivity contribution in [2.24, 2.45) is 0 Å². The Kier molecular flexibility index (Phi) is 6.04. The normalized spacial score (nSPS) is 14.8. The Hall–Kier alpha value is -3.11. The Balaban J connectivity index is 1.83. The van der Waals surface area contributed by atoms with Gasteiger partial charge in [0.2, 0.25) is 15.9 Å². The molecule has 2 aromatic carbocycles. The maximum Gasteiger partial charge on any atom is 0.259 e. The number of amides is 2. The van der Waals surface area contributed by atoms with Gasteiger partial charge in [0.1, 0.15) is 11.5 Å². The van der Waals surface area contributed by atoms with E-state index < -0.39 is 15.9 Å². The van der Waals surface area contributed by atoms with Crippen LogP contribution in [-0.2, 0) is 14.8 Å². The molecule has 2 N–H and O–H groups in total. The molecule has 0 bridgehead atoms. The third-order valence-electron chi connectivity index (χ3n) is 4.39. The van der Waals surface area contributed by atoms with Crippen molar-refractivity contribution in [1.82, 2.24) is 9.62 Å². The van der Waals surface area contributed by atoms with Crippen LogP contribution in [0.2, 0.25) is 0 Å². The second-order valence-corrected chi connectivity index (χ2v) is 8.17. The van der Waals surface area contributed by atoms with E-state index in [1.807, 2.05) is 0 Å². The van der Waals surface area contributed by atoms with E-state index in [0.717, 1.165) is 4.31 Å². The molecule has 1 heterocycles. The van der Waals surface area contributed by atoms with Crippen molar-refractivity contribution in [1.29, 1.82) is 0 Å². The zero-order valence-corrected chi connectivity index (χ0v) is 16.8. The van der Waals surface area contributed by atoms with Crippen molar-refractivity contribution < 1.29 is 27.5 Å². The summed E-state index contributed by atoms with van der Waals surface area (Å²) < 4.78 is 37.1. The van der Waals surface area contributed by atoms with Crippen LogP contribution in [0.25, 0.3) is 0 Å². The average molecular weight is 419 g/mol. The molecule has 0 saturated carbocycles. The van der Waals surface area contributed by atoms with Gasteiger partial charge in [-0.25, -0.2) is 8.42 Å². The van der Waals surface area contributed by atoms with Gasteiger partial charge < -0.3 is 20.1 Å². The van der Waals surface area contributed by atoms with Crippen LogP contribution in [0.3, 0.4) is 0 Å². The van der Waals surface area contributed by atoms with Crippen LogP contribution in [0.4, 0.5) is 5.69 Å². The standard InChI is InChI=1S/C19H21N3O6S/c1-27-14-6-7-16(17(11-14)28-2)19(24)21-13-4-3-5-15(10-13)29(25,26)22-9-8-20-18(23)12-22/h3-7,10-11H,8-9,12H2,1-2H3,(H,20,23)(H,21,24). The monoisotopic (exact) mass is 419 g/mol. The molecule has 154 valence electrons. The van der Waals surface area contributed by atoms with E-state index >= 15 is 0 Å². The van der Waals surface area contributed by atoms with Crippen molar-refractivity contribution in [3.63, 3.8) is 0 Å². The summed E-state index contributed by atoms with van der Waals surface area (Å²) in [5, 5.41) is 5.26. The molecule has 10 heteroatoms. The van der Waals surface area contributed by atoms with Crippen LogP contribution >= 0.6 is 0 Å². The summed E-state index contributed by atoms with van der Waals surface area (Å²) in [5.41, 5.74) is 0.574. The highest BCUT2D eigenvalue weighted by atomic mass is 32.2. The molecule has 0 unspecified atom stereocenters. The number of sulfonamides is 1. The number of nitrogens with one attached hydrogen (secondary N) is 2. The first-order valence-corrected chi connectivity index (χ1v) is 10.2. The lowest BCUT2D eigenvalue weighted by atomic mass is 10.1. The van der Waals surface area contributed by atoms with E-state index in [1.165, 1.54) is 32.4 Å². The van der Waals surface area contributed by atoms with E-state index in [0.29, 0.717) is 17.2 Å². The Morgan fingerprint density at radius 3 is 2.62 bits per heavy atom. The van der Waals surface area contributed by atoms with Gasteiger partial charge in [-0.05, 0) is 30.3 Å². The molecule has 1 saturated heterocycles. The van der Waals surface area contributed by atoms with Gasteiger partial charge in [0.25, 0.3) is 5.91 Å². The number of ether oxygens (including phenoxy) is 2. The van der Waals surface area contributed by atoms with Gasteiger partial charge in [-0.3, -0.25) is 9.59 Å². The number of anilines is 1. The molecule has 0 atom stereocenters. The zero-order valence-electron chi connectivity index (χ0n) is 16.0. The Morgan fingerprint density at radius 1 is 1.14 bits per heavy atom. The highest BCUT2D eigenvalue weighted by molar-refractivity contribution is 7.89. The van der Waals surface area contributed by atoms with Gasteiger partial charge in [0.05, 0.1) is 31.2 Å².